The minimum atomic E-state index is -0.792. The maximum Gasteiger partial charge on any atom is 0.415 e. The van der Waals surface area contributed by atoms with Crippen molar-refractivity contribution in [2.24, 2.45) is 0 Å². The molecule has 2 N–H and O–H groups in total. The summed E-state index contributed by atoms with van der Waals surface area (Å²) >= 11 is 0. The Morgan fingerprint density at radius 2 is 2.05 bits per heavy atom. The first kappa shape index (κ1) is 16.5. The van der Waals surface area contributed by atoms with Crippen LogP contribution in [0.15, 0.2) is 30.3 Å². The van der Waals surface area contributed by atoms with E-state index in [2.05, 4.69) is 10.1 Å². The van der Waals surface area contributed by atoms with Crippen molar-refractivity contribution >= 4 is 12.1 Å². The highest BCUT2D eigenvalue weighted by Crippen LogP contribution is 2.22. The standard InChI is InChI=1S/C16H21NO5/c1-16(2,17-15(20)22-14(19)13-10-21-13)9-8-12(18)11-6-4-3-5-7-11/h3-7,12-13,18H,8-10H2,1-2H3,(H,17,20)/t12-,13?/m1/s1. The summed E-state index contributed by atoms with van der Waals surface area (Å²) in [4.78, 5) is 22.9. The van der Waals surface area contributed by atoms with Gasteiger partial charge in [-0.25, -0.2) is 9.59 Å². The van der Waals surface area contributed by atoms with Gasteiger partial charge in [0.1, 0.15) is 0 Å². The number of esters is 1. The molecule has 1 aliphatic rings. The highest BCUT2D eigenvalue weighted by molar-refractivity contribution is 5.88. The summed E-state index contributed by atoms with van der Waals surface area (Å²) in [6.07, 6.45) is -0.975. The molecule has 0 radical (unpaired) electrons. The number of epoxide rings is 1. The van der Waals surface area contributed by atoms with Gasteiger partial charge in [-0.1, -0.05) is 30.3 Å². The molecule has 1 fully saturated rings. The van der Waals surface area contributed by atoms with E-state index in [1.807, 2.05) is 44.2 Å². The van der Waals surface area contributed by atoms with Gasteiger partial charge in [0.25, 0.3) is 0 Å². The Labute approximate surface area is 129 Å². The second-order valence-electron chi connectivity index (χ2n) is 6.00. The van der Waals surface area contributed by atoms with E-state index in [0.29, 0.717) is 19.4 Å². The number of carbonyl (C=O) groups is 2. The van der Waals surface area contributed by atoms with E-state index < -0.39 is 29.8 Å². The lowest BCUT2D eigenvalue weighted by Crippen LogP contribution is -2.44. The minimum absolute atomic E-state index is 0.304. The van der Waals surface area contributed by atoms with Gasteiger partial charge in [0.15, 0.2) is 6.10 Å². The number of hydrogen-bond acceptors (Lipinski definition) is 5. The average molecular weight is 307 g/mol. The van der Waals surface area contributed by atoms with E-state index in [4.69, 9.17) is 4.74 Å². The number of aliphatic hydroxyl groups is 1. The van der Waals surface area contributed by atoms with E-state index in [1.165, 1.54) is 0 Å². The zero-order valence-electron chi connectivity index (χ0n) is 12.7. The first-order chi connectivity index (χ1) is 10.4. The van der Waals surface area contributed by atoms with Crippen LogP contribution in [0.3, 0.4) is 0 Å². The number of hydrogen-bond donors (Lipinski definition) is 2. The smallest absolute Gasteiger partial charge is 0.388 e. The van der Waals surface area contributed by atoms with Crippen LogP contribution in [0.25, 0.3) is 0 Å². The lowest BCUT2D eigenvalue weighted by molar-refractivity contribution is -0.138. The van der Waals surface area contributed by atoms with E-state index in [1.54, 1.807) is 0 Å². The molecule has 2 rings (SSSR count). The number of carbonyl (C=O) groups excluding carboxylic acids is 2. The molecule has 2 atom stereocenters. The Balaban J connectivity index is 1.77. The Morgan fingerprint density at radius 1 is 1.41 bits per heavy atom. The molecule has 0 spiro atoms. The van der Waals surface area contributed by atoms with Crippen molar-refractivity contribution in [1.82, 2.24) is 5.32 Å². The van der Waals surface area contributed by atoms with Gasteiger partial charge in [0, 0.05) is 5.54 Å². The lowest BCUT2D eigenvalue weighted by atomic mass is 9.94. The summed E-state index contributed by atoms with van der Waals surface area (Å²) < 4.78 is 9.37. The van der Waals surface area contributed by atoms with Crippen LogP contribution >= 0.6 is 0 Å². The molecule has 1 saturated heterocycles. The Hall–Kier alpha value is -1.92. The first-order valence-corrected chi connectivity index (χ1v) is 7.26. The molecule has 1 amide bonds. The summed E-state index contributed by atoms with van der Waals surface area (Å²) in [5.74, 6) is -0.669. The van der Waals surface area contributed by atoms with Gasteiger partial charge in [-0.3, -0.25) is 0 Å². The number of nitrogens with one attached hydrogen (secondary N) is 1. The van der Waals surface area contributed by atoms with Crippen LogP contribution in [0.2, 0.25) is 0 Å². The zero-order valence-corrected chi connectivity index (χ0v) is 12.7. The van der Waals surface area contributed by atoms with Gasteiger partial charge >= 0.3 is 12.1 Å². The highest BCUT2D eigenvalue weighted by Gasteiger charge is 2.35. The fourth-order valence-electron chi connectivity index (χ4n) is 2.05. The summed E-state index contributed by atoms with van der Waals surface area (Å²) in [6.45, 7) is 3.92. The van der Waals surface area contributed by atoms with Crippen LogP contribution in [0, 0.1) is 0 Å². The minimum Gasteiger partial charge on any atom is -0.388 e. The molecule has 1 aliphatic heterocycles. The third-order valence-electron chi connectivity index (χ3n) is 3.46. The number of aliphatic hydroxyl groups excluding tert-OH is 1. The van der Waals surface area contributed by atoms with Crippen LogP contribution in [-0.4, -0.2) is 35.4 Å². The molecule has 0 aromatic heterocycles. The molecular weight excluding hydrogens is 286 g/mol. The maximum absolute atomic E-state index is 11.6. The number of alkyl carbamates (subject to hydrolysis) is 1. The van der Waals surface area contributed by atoms with E-state index in [0.717, 1.165) is 5.56 Å². The van der Waals surface area contributed by atoms with Crippen molar-refractivity contribution in [3.8, 4) is 0 Å². The summed E-state index contributed by atoms with van der Waals surface area (Å²) in [7, 11) is 0. The molecule has 1 aromatic carbocycles. The highest BCUT2D eigenvalue weighted by atomic mass is 16.6. The predicted octanol–water partition coefficient (Wildman–Crippen LogP) is 1.93. The van der Waals surface area contributed by atoms with Gasteiger partial charge in [-0.2, -0.15) is 0 Å². The van der Waals surface area contributed by atoms with Gasteiger partial charge in [-0.05, 0) is 32.3 Å². The first-order valence-electron chi connectivity index (χ1n) is 7.26. The van der Waals surface area contributed by atoms with Crippen LogP contribution in [0.5, 0.6) is 0 Å². The number of amides is 1. The fraction of sp³-hybridized carbons (Fsp3) is 0.500. The molecule has 0 saturated carbocycles. The molecule has 1 heterocycles. The zero-order chi connectivity index (χ0) is 16.2. The van der Waals surface area contributed by atoms with E-state index in [-0.39, 0.29) is 0 Å². The Morgan fingerprint density at radius 3 is 2.64 bits per heavy atom. The van der Waals surface area contributed by atoms with Crippen molar-refractivity contribution < 1.29 is 24.2 Å². The molecule has 120 valence electrons. The molecular formula is C16H21NO5. The van der Waals surface area contributed by atoms with Crippen LogP contribution in [0.1, 0.15) is 38.4 Å². The number of ether oxygens (including phenoxy) is 2. The number of benzene rings is 1. The average Bonchev–Trinajstić information content (AvgIpc) is 3.29. The number of rotatable bonds is 6. The molecule has 1 unspecified atom stereocenters. The molecule has 0 aliphatic carbocycles. The van der Waals surface area contributed by atoms with E-state index in [9.17, 15) is 14.7 Å². The quantitative estimate of drug-likeness (QED) is 0.476. The summed E-state index contributed by atoms with van der Waals surface area (Å²) in [5, 5.41) is 12.8. The van der Waals surface area contributed by atoms with Gasteiger partial charge < -0.3 is 19.9 Å². The topological polar surface area (TPSA) is 88.2 Å². The van der Waals surface area contributed by atoms with Crippen molar-refractivity contribution in [3.63, 3.8) is 0 Å². The van der Waals surface area contributed by atoms with Crippen molar-refractivity contribution in [2.75, 3.05) is 6.61 Å². The normalized spacial score (nSPS) is 18.4. The second-order valence-corrected chi connectivity index (χ2v) is 6.00. The van der Waals surface area contributed by atoms with Gasteiger partial charge in [0.05, 0.1) is 12.7 Å². The fourth-order valence-corrected chi connectivity index (χ4v) is 2.05. The third kappa shape index (κ3) is 5.13. The van der Waals surface area contributed by atoms with Crippen LogP contribution in [0.4, 0.5) is 4.79 Å². The third-order valence-corrected chi connectivity index (χ3v) is 3.46. The molecule has 6 nitrogen and oxygen atoms in total. The molecule has 0 bridgehead atoms. The van der Waals surface area contributed by atoms with E-state index >= 15 is 0 Å². The van der Waals surface area contributed by atoms with Crippen molar-refractivity contribution in [2.45, 2.75) is 44.4 Å². The van der Waals surface area contributed by atoms with Crippen LogP contribution < -0.4 is 5.32 Å². The molecule has 6 heteroatoms. The van der Waals surface area contributed by atoms with Crippen molar-refractivity contribution in [3.05, 3.63) is 35.9 Å². The molecule has 22 heavy (non-hydrogen) atoms. The summed E-state index contributed by atoms with van der Waals surface area (Å²) in [5.41, 5.74) is 0.235. The largest absolute Gasteiger partial charge is 0.415 e. The predicted molar refractivity (Wildman–Crippen MR) is 79.1 cm³/mol. The van der Waals surface area contributed by atoms with Crippen molar-refractivity contribution in [1.29, 1.82) is 0 Å². The lowest BCUT2D eigenvalue weighted by Gasteiger charge is -2.26. The van der Waals surface area contributed by atoms with Gasteiger partial charge in [0.2, 0.25) is 0 Å². The van der Waals surface area contributed by atoms with Gasteiger partial charge in [-0.15, -0.1) is 0 Å². The monoisotopic (exact) mass is 307 g/mol. The SMILES string of the molecule is CC(C)(CC[C@@H](O)c1ccccc1)NC(=O)OC(=O)C1CO1. The van der Waals surface area contributed by atoms with Crippen LogP contribution in [-0.2, 0) is 14.3 Å². The summed E-state index contributed by atoms with van der Waals surface area (Å²) in [6, 6.07) is 9.33. The second kappa shape index (κ2) is 6.89. The Bertz CT molecular complexity index is 525. The Kier molecular flexibility index (Phi) is 5.15. The molecule has 1 aromatic rings. The maximum atomic E-state index is 11.6.